The van der Waals surface area contributed by atoms with Crippen molar-refractivity contribution in [1.29, 1.82) is 0 Å². The fraction of sp³-hybridized carbons (Fsp3) is 0.966. The van der Waals surface area contributed by atoms with E-state index in [0.29, 0.717) is 0 Å². The van der Waals surface area contributed by atoms with Crippen molar-refractivity contribution in [2.75, 3.05) is 33.2 Å². The Bertz CT molecular complexity index is 471. The quantitative estimate of drug-likeness (QED) is 0.150. The van der Waals surface area contributed by atoms with Crippen LogP contribution in [0.5, 0.6) is 0 Å². The molecule has 3 atom stereocenters. The first kappa shape index (κ1) is 30.3. The molecule has 2 unspecified atom stereocenters. The number of ether oxygens (including phenoxy) is 1. The number of hydrogen-bond acceptors (Lipinski definition) is 3. The molecular weight excluding hydrogens is 408 g/mol. The van der Waals surface area contributed by atoms with Gasteiger partial charge in [0.05, 0.1) is 6.54 Å². The van der Waals surface area contributed by atoms with Crippen LogP contribution in [0.4, 0.5) is 4.79 Å². The molecule has 4 nitrogen and oxygen atoms in total. The van der Waals surface area contributed by atoms with Gasteiger partial charge in [0.15, 0.2) is 0 Å². The van der Waals surface area contributed by atoms with Crippen LogP contribution in [0.25, 0.3) is 0 Å². The Labute approximate surface area is 207 Å². The van der Waals surface area contributed by atoms with Crippen LogP contribution in [0.3, 0.4) is 0 Å². The molecule has 0 aliphatic carbocycles. The summed E-state index contributed by atoms with van der Waals surface area (Å²) in [5.41, 5.74) is 0. The molecule has 0 radical (unpaired) electrons. The largest absolute Gasteiger partial charge is 0.443 e. The zero-order valence-electron chi connectivity index (χ0n) is 23.1. The van der Waals surface area contributed by atoms with E-state index in [2.05, 4.69) is 39.6 Å². The van der Waals surface area contributed by atoms with Crippen LogP contribution in [0.15, 0.2) is 0 Å². The van der Waals surface area contributed by atoms with E-state index >= 15 is 0 Å². The van der Waals surface area contributed by atoms with E-state index < -0.39 is 0 Å². The van der Waals surface area contributed by atoms with Gasteiger partial charge in [-0.05, 0) is 44.6 Å². The lowest BCUT2D eigenvalue weighted by Gasteiger charge is -2.26. The monoisotopic (exact) mass is 466 g/mol. The standard InChI is InChI=1S/C29H58N2O2/c1-6-9-12-14-16-21-27(20-15-13-10-7-2)23-30(5)24-28-25-31(29(32)33-28)22-17-19-26(4)18-11-8-3/h26-28H,6-25H2,1-5H3/t26?,27?,28-/m1/s1. The first-order valence-electron chi connectivity index (χ1n) is 14.6. The highest BCUT2D eigenvalue weighted by atomic mass is 16.6. The minimum Gasteiger partial charge on any atom is -0.443 e. The molecule has 0 aromatic rings. The van der Waals surface area contributed by atoms with Gasteiger partial charge >= 0.3 is 6.09 Å². The van der Waals surface area contributed by atoms with Crippen LogP contribution in [0.1, 0.15) is 130 Å². The van der Waals surface area contributed by atoms with Gasteiger partial charge in [0, 0.05) is 19.6 Å². The summed E-state index contributed by atoms with van der Waals surface area (Å²) < 4.78 is 5.73. The molecule has 0 saturated carbocycles. The third kappa shape index (κ3) is 15.0. The van der Waals surface area contributed by atoms with Crippen LogP contribution in [0.2, 0.25) is 0 Å². The lowest BCUT2D eigenvalue weighted by atomic mass is 9.93. The van der Waals surface area contributed by atoms with Crippen molar-refractivity contribution in [3.8, 4) is 0 Å². The summed E-state index contributed by atoms with van der Waals surface area (Å²) in [7, 11) is 2.22. The number of hydrogen-bond donors (Lipinski definition) is 0. The highest BCUT2D eigenvalue weighted by molar-refractivity contribution is 5.69. The number of nitrogens with zero attached hydrogens (tertiary/aromatic N) is 2. The second-order valence-electron chi connectivity index (χ2n) is 11.0. The van der Waals surface area contributed by atoms with Gasteiger partial charge in [0.25, 0.3) is 0 Å². The van der Waals surface area contributed by atoms with E-state index in [4.69, 9.17) is 4.74 Å². The van der Waals surface area contributed by atoms with Crippen molar-refractivity contribution < 1.29 is 9.53 Å². The van der Waals surface area contributed by atoms with E-state index in [1.165, 1.54) is 96.3 Å². The maximum absolute atomic E-state index is 12.4. The Morgan fingerprint density at radius 1 is 0.848 bits per heavy atom. The van der Waals surface area contributed by atoms with E-state index in [0.717, 1.165) is 44.4 Å². The summed E-state index contributed by atoms with van der Waals surface area (Å²) >= 11 is 0. The maximum Gasteiger partial charge on any atom is 0.410 e. The summed E-state index contributed by atoms with van der Waals surface area (Å²) in [4.78, 5) is 16.7. The summed E-state index contributed by atoms with van der Waals surface area (Å²) in [6, 6.07) is 0. The minimum atomic E-state index is -0.0957. The minimum absolute atomic E-state index is 0.0327. The Balaban J connectivity index is 2.35. The number of cyclic esters (lactones) is 1. The summed E-state index contributed by atoms with van der Waals surface area (Å²) in [5.74, 6) is 1.55. The number of carbonyl (C=O) groups is 1. The van der Waals surface area contributed by atoms with Crippen molar-refractivity contribution in [2.45, 2.75) is 137 Å². The number of unbranched alkanes of at least 4 members (excludes halogenated alkanes) is 8. The first-order chi connectivity index (χ1) is 16.0. The van der Waals surface area contributed by atoms with Crippen LogP contribution in [0, 0.1) is 11.8 Å². The van der Waals surface area contributed by atoms with E-state index in [1.54, 1.807) is 0 Å². The highest BCUT2D eigenvalue weighted by Gasteiger charge is 2.31. The van der Waals surface area contributed by atoms with Crippen LogP contribution in [-0.2, 0) is 4.74 Å². The molecule has 0 spiro atoms. The molecule has 1 heterocycles. The predicted molar refractivity (Wildman–Crippen MR) is 143 cm³/mol. The maximum atomic E-state index is 12.4. The molecule has 1 amide bonds. The van der Waals surface area contributed by atoms with Crippen molar-refractivity contribution in [2.24, 2.45) is 11.8 Å². The molecule has 1 aliphatic heterocycles. The van der Waals surface area contributed by atoms with Gasteiger partial charge in [-0.15, -0.1) is 0 Å². The molecule has 1 aliphatic rings. The molecule has 1 saturated heterocycles. The third-order valence-electron chi connectivity index (χ3n) is 7.39. The molecule has 0 aromatic carbocycles. The Morgan fingerprint density at radius 3 is 2.06 bits per heavy atom. The molecule has 33 heavy (non-hydrogen) atoms. The zero-order valence-corrected chi connectivity index (χ0v) is 23.1. The summed E-state index contributed by atoms with van der Waals surface area (Å²) in [5, 5.41) is 0. The molecule has 196 valence electrons. The van der Waals surface area contributed by atoms with Crippen molar-refractivity contribution >= 4 is 6.09 Å². The molecule has 4 heteroatoms. The second kappa shape index (κ2) is 19.5. The molecule has 0 bridgehead atoms. The Morgan fingerprint density at radius 2 is 1.42 bits per heavy atom. The Kier molecular flexibility index (Phi) is 17.9. The van der Waals surface area contributed by atoms with Gasteiger partial charge in [-0.2, -0.15) is 0 Å². The molecule has 0 aromatic heterocycles. The SMILES string of the molecule is CCCCCCCC(CCCCCC)CN(C)C[C@@H]1CN(CCCC(C)CCCC)C(=O)O1. The van der Waals surface area contributed by atoms with Crippen LogP contribution < -0.4 is 0 Å². The van der Waals surface area contributed by atoms with E-state index in [-0.39, 0.29) is 12.2 Å². The van der Waals surface area contributed by atoms with Gasteiger partial charge in [0.2, 0.25) is 0 Å². The van der Waals surface area contributed by atoms with E-state index in [9.17, 15) is 4.79 Å². The van der Waals surface area contributed by atoms with Gasteiger partial charge in [-0.1, -0.05) is 105 Å². The van der Waals surface area contributed by atoms with Crippen LogP contribution >= 0.6 is 0 Å². The smallest absolute Gasteiger partial charge is 0.410 e. The normalized spacial score (nSPS) is 18.2. The zero-order chi connectivity index (χ0) is 24.3. The molecule has 1 fully saturated rings. The lowest BCUT2D eigenvalue weighted by molar-refractivity contribution is 0.107. The summed E-state index contributed by atoms with van der Waals surface area (Å²) in [6.07, 6.45) is 21.1. The van der Waals surface area contributed by atoms with Crippen molar-refractivity contribution in [3.05, 3.63) is 0 Å². The third-order valence-corrected chi connectivity index (χ3v) is 7.39. The number of carbonyl (C=O) groups excluding carboxylic acids is 1. The average molecular weight is 467 g/mol. The van der Waals surface area contributed by atoms with Crippen LogP contribution in [-0.4, -0.2) is 55.2 Å². The van der Waals surface area contributed by atoms with E-state index in [1.807, 2.05) is 4.90 Å². The summed E-state index contributed by atoms with van der Waals surface area (Å²) in [6.45, 7) is 12.8. The molecular formula is C29H58N2O2. The highest BCUT2D eigenvalue weighted by Crippen LogP contribution is 2.21. The molecule has 0 N–H and O–H groups in total. The average Bonchev–Trinajstić information content (AvgIpc) is 3.13. The first-order valence-corrected chi connectivity index (χ1v) is 14.6. The van der Waals surface area contributed by atoms with Gasteiger partial charge in [-0.3, -0.25) is 0 Å². The predicted octanol–water partition coefficient (Wildman–Crippen LogP) is 8.29. The van der Waals surface area contributed by atoms with Gasteiger partial charge in [0.1, 0.15) is 6.10 Å². The van der Waals surface area contributed by atoms with Gasteiger partial charge in [-0.25, -0.2) is 4.79 Å². The Hall–Kier alpha value is -0.770. The number of rotatable bonds is 22. The molecule has 1 rings (SSSR count). The van der Waals surface area contributed by atoms with Crippen molar-refractivity contribution in [1.82, 2.24) is 9.80 Å². The second-order valence-corrected chi connectivity index (χ2v) is 11.0. The fourth-order valence-corrected chi connectivity index (χ4v) is 5.27. The number of likely N-dealkylation sites (N-methyl/N-ethyl adjacent to an activating group) is 1. The lowest BCUT2D eigenvalue weighted by Crippen LogP contribution is -2.35. The number of amides is 1. The van der Waals surface area contributed by atoms with Gasteiger partial charge < -0.3 is 14.5 Å². The fourth-order valence-electron chi connectivity index (χ4n) is 5.27. The topological polar surface area (TPSA) is 32.8 Å². The van der Waals surface area contributed by atoms with Crippen molar-refractivity contribution in [3.63, 3.8) is 0 Å².